The lowest BCUT2D eigenvalue weighted by atomic mass is 9.98. The first-order chi connectivity index (χ1) is 7.29. The van der Waals surface area contributed by atoms with Gasteiger partial charge in [-0.05, 0) is 30.5 Å². The second-order valence-corrected chi connectivity index (χ2v) is 3.94. The van der Waals surface area contributed by atoms with Crippen molar-refractivity contribution in [1.82, 2.24) is 4.98 Å². The van der Waals surface area contributed by atoms with Crippen LogP contribution in [0.2, 0.25) is 5.02 Å². The second-order valence-electron chi connectivity index (χ2n) is 3.53. The van der Waals surface area contributed by atoms with Crippen LogP contribution in [0.3, 0.4) is 0 Å². The van der Waals surface area contributed by atoms with Crippen molar-refractivity contribution < 1.29 is 0 Å². The average Bonchev–Trinajstić information content (AvgIpc) is 2.30. The summed E-state index contributed by atoms with van der Waals surface area (Å²) in [6.07, 6.45) is 10.2. The van der Waals surface area contributed by atoms with Gasteiger partial charge in [-0.2, -0.15) is 0 Å². The highest BCUT2D eigenvalue weighted by atomic mass is 35.5. The summed E-state index contributed by atoms with van der Waals surface area (Å²) >= 11 is 6.04. The molecule has 1 aromatic heterocycles. The maximum atomic E-state index is 6.10. The van der Waals surface area contributed by atoms with Crippen molar-refractivity contribution in [3.05, 3.63) is 52.8 Å². The van der Waals surface area contributed by atoms with Gasteiger partial charge in [0.2, 0.25) is 0 Å². The third-order valence-corrected chi connectivity index (χ3v) is 2.78. The quantitative estimate of drug-likeness (QED) is 0.832. The summed E-state index contributed by atoms with van der Waals surface area (Å²) in [4.78, 5) is 4.22. The van der Waals surface area contributed by atoms with E-state index in [0.29, 0.717) is 5.02 Å². The molecule has 0 saturated heterocycles. The van der Waals surface area contributed by atoms with Crippen LogP contribution < -0.4 is 5.73 Å². The van der Waals surface area contributed by atoms with Crippen LogP contribution in [0.25, 0.3) is 0 Å². The van der Waals surface area contributed by atoms with Gasteiger partial charge in [0.05, 0.1) is 16.8 Å². The third-order valence-electron chi connectivity index (χ3n) is 2.46. The molecular formula is C12H13ClN2. The zero-order valence-electron chi connectivity index (χ0n) is 8.36. The van der Waals surface area contributed by atoms with Crippen LogP contribution in [0.1, 0.15) is 24.6 Å². The number of nitrogens with two attached hydrogens (primary N) is 1. The SMILES string of the molecule is NC(C1=CCCC=C1)c1ncccc1Cl. The minimum Gasteiger partial charge on any atom is -0.319 e. The molecule has 1 aromatic rings. The minimum absolute atomic E-state index is 0.213. The normalized spacial score (nSPS) is 17.3. The Balaban J connectivity index is 2.28. The highest BCUT2D eigenvalue weighted by Gasteiger charge is 2.14. The van der Waals surface area contributed by atoms with Gasteiger partial charge < -0.3 is 5.73 Å². The topological polar surface area (TPSA) is 38.9 Å². The second kappa shape index (κ2) is 4.60. The summed E-state index contributed by atoms with van der Waals surface area (Å²) in [7, 11) is 0. The molecule has 0 aromatic carbocycles. The third kappa shape index (κ3) is 2.28. The zero-order valence-corrected chi connectivity index (χ0v) is 9.11. The molecular weight excluding hydrogens is 208 g/mol. The Bertz CT molecular complexity index is 410. The van der Waals surface area contributed by atoms with E-state index in [9.17, 15) is 0 Å². The Morgan fingerprint density at radius 2 is 2.27 bits per heavy atom. The van der Waals surface area contributed by atoms with Crippen molar-refractivity contribution in [3.8, 4) is 0 Å². The van der Waals surface area contributed by atoms with E-state index in [-0.39, 0.29) is 6.04 Å². The first-order valence-corrected chi connectivity index (χ1v) is 5.39. The van der Waals surface area contributed by atoms with Gasteiger partial charge in [0.25, 0.3) is 0 Å². The van der Waals surface area contributed by atoms with Crippen molar-refractivity contribution >= 4 is 11.6 Å². The number of aromatic nitrogens is 1. The fourth-order valence-corrected chi connectivity index (χ4v) is 1.89. The molecule has 0 bridgehead atoms. The van der Waals surface area contributed by atoms with Crippen molar-refractivity contribution in [2.24, 2.45) is 5.73 Å². The zero-order chi connectivity index (χ0) is 10.7. The van der Waals surface area contributed by atoms with Crippen molar-refractivity contribution in [2.45, 2.75) is 18.9 Å². The fraction of sp³-hybridized carbons (Fsp3) is 0.250. The fourth-order valence-electron chi connectivity index (χ4n) is 1.65. The van der Waals surface area contributed by atoms with Crippen LogP contribution in [0.15, 0.2) is 42.1 Å². The van der Waals surface area contributed by atoms with E-state index in [4.69, 9.17) is 17.3 Å². The van der Waals surface area contributed by atoms with E-state index in [0.717, 1.165) is 24.1 Å². The first-order valence-electron chi connectivity index (χ1n) is 5.01. The van der Waals surface area contributed by atoms with Gasteiger partial charge in [0, 0.05) is 6.20 Å². The Labute approximate surface area is 94.5 Å². The van der Waals surface area contributed by atoms with Crippen molar-refractivity contribution in [2.75, 3.05) is 0 Å². The van der Waals surface area contributed by atoms with Crippen LogP contribution in [-0.2, 0) is 0 Å². The number of pyridine rings is 1. The minimum atomic E-state index is -0.213. The molecule has 0 saturated carbocycles. The standard InChI is InChI=1S/C12H13ClN2/c13-10-7-4-8-15-12(10)11(14)9-5-2-1-3-6-9/h2,4-8,11H,1,3,14H2. The van der Waals surface area contributed by atoms with Crippen LogP contribution >= 0.6 is 11.6 Å². The maximum absolute atomic E-state index is 6.10. The molecule has 2 rings (SSSR count). The Kier molecular flexibility index (Phi) is 3.19. The molecule has 1 heterocycles. The number of nitrogens with zero attached hydrogens (tertiary/aromatic N) is 1. The summed E-state index contributed by atoms with van der Waals surface area (Å²) < 4.78 is 0. The lowest BCUT2D eigenvalue weighted by molar-refractivity contribution is 0.809. The molecule has 0 aliphatic heterocycles. The van der Waals surface area contributed by atoms with Gasteiger partial charge in [-0.1, -0.05) is 29.8 Å². The van der Waals surface area contributed by atoms with Gasteiger partial charge in [-0.3, -0.25) is 4.98 Å². The number of rotatable bonds is 2. The summed E-state index contributed by atoms with van der Waals surface area (Å²) in [6.45, 7) is 0. The molecule has 15 heavy (non-hydrogen) atoms. The predicted molar refractivity (Wildman–Crippen MR) is 62.6 cm³/mol. The highest BCUT2D eigenvalue weighted by molar-refractivity contribution is 6.31. The Morgan fingerprint density at radius 1 is 1.40 bits per heavy atom. The van der Waals surface area contributed by atoms with Crippen LogP contribution in [-0.4, -0.2) is 4.98 Å². The van der Waals surface area contributed by atoms with Crippen LogP contribution in [0, 0.1) is 0 Å². The first kappa shape index (κ1) is 10.4. The van der Waals surface area contributed by atoms with Gasteiger partial charge in [-0.25, -0.2) is 0 Å². The molecule has 2 nitrogen and oxygen atoms in total. The molecule has 2 N–H and O–H groups in total. The molecule has 3 heteroatoms. The summed E-state index contributed by atoms with van der Waals surface area (Å²) in [5.74, 6) is 0. The molecule has 0 radical (unpaired) electrons. The van der Waals surface area contributed by atoms with Gasteiger partial charge in [0.15, 0.2) is 0 Å². The van der Waals surface area contributed by atoms with E-state index >= 15 is 0 Å². The Morgan fingerprint density at radius 3 is 2.93 bits per heavy atom. The van der Waals surface area contributed by atoms with Crippen molar-refractivity contribution in [3.63, 3.8) is 0 Å². The summed E-state index contributed by atoms with van der Waals surface area (Å²) in [6, 6.07) is 3.41. The van der Waals surface area contributed by atoms with E-state index in [1.807, 2.05) is 12.1 Å². The summed E-state index contributed by atoms with van der Waals surface area (Å²) in [5, 5.41) is 0.630. The Hall–Kier alpha value is -1.12. The van der Waals surface area contributed by atoms with Gasteiger partial charge in [-0.15, -0.1) is 0 Å². The smallest absolute Gasteiger partial charge is 0.0802 e. The predicted octanol–water partition coefficient (Wildman–Crippen LogP) is 3.01. The number of halogens is 1. The van der Waals surface area contributed by atoms with Crippen molar-refractivity contribution in [1.29, 1.82) is 0 Å². The molecule has 1 atom stereocenters. The summed E-state index contributed by atoms with van der Waals surface area (Å²) in [5.41, 5.74) is 7.95. The molecule has 78 valence electrons. The van der Waals surface area contributed by atoms with E-state index in [2.05, 4.69) is 23.2 Å². The number of hydrogen-bond donors (Lipinski definition) is 1. The molecule has 1 aliphatic carbocycles. The van der Waals surface area contributed by atoms with E-state index < -0.39 is 0 Å². The molecule has 0 spiro atoms. The maximum Gasteiger partial charge on any atom is 0.0802 e. The lowest BCUT2D eigenvalue weighted by Gasteiger charge is -2.15. The molecule has 0 fully saturated rings. The lowest BCUT2D eigenvalue weighted by Crippen LogP contribution is -2.15. The largest absolute Gasteiger partial charge is 0.319 e. The van der Waals surface area contributed by atoms with Gasteiger partial charge in [0.1, 0.15) is 0 Å². The van der Waals surface area contributed by atoms with Crippen LogP contribution in [0.5, 0.6) is 0 Å². The molecule has 1 aliphatic rings. The molecule has 0 amide bonds. The highest BCUT2D eigenvalue weighted by Crippen LogP contribution is 2.26. The van der Waals surface area contributed by atoms with Crippen LogP contribution in [0.4, 0.5) is 0 Å². The number of allylic oxidation sites excluding steroid dienone is 2. The number of hydrogen-bond acceptors (Lipinski definition) is 2. The van der Waals surface area contributed by atoms with E-state index in [1.54, 1.807) is 6.20 Å². The van der Waals surface area contributed by atoms with Gasteiger partial charge >= 0.3 is 0 Å². The monoisotopic (exact) mass is 220 g/mol. The average molecular weight is 221 g/mol. The van der Waals surface area contributed by atoms with E-state index in [1.165, 1.54) is 0 Å². The molecule has 1 unspecified atom stereocenters.